The summed E-state index contributed by atoms with van der Waals surface area (Å²) in [6.45, 7) is 3.10. The van der Waals surface area contributed by atoms with E-state index in [9.17, 15) is 14.9 Å². The van der Waals surface area contributed by atoms with Gasteiger partial charge < -0.3 is 20.3 Å². The molecule has 1 aliphatic carbocycles. The van der Waals surface area contributed by atoms with Crippen molar-refractivity contribution in [2.24, 2.45) is 5.41 Å². The molecule has 40 heavy (non-hydrogen) atoms. The van der Waals surface area contributed by atoms with Crippen LogP contribution in [0.15, 0.2) is 54.9 Å². The number of aromatic nitrogens is 4. The van der Waals surface area contributed by atoms with Gasteiger partial charge in [0.1, 0.15) is 28.1 Å². The topological polar surface area (TPSA) is 149 Å². The standard InChI is InChI=1S/C29H28N8O3/c1-18-8-12-31-23(15-18)34-27(38)19-4-6-21(7-5-19)40-22-9-13-32-25-24(22)26(36-35-25)33-20-3-2-14-37(16-20)28(39)29(17-30)10-11-29/h4-9,12-13,15,20H,2-3,10-11,14,16H2,1H3,(H,31,34,38)(H2,32,33,35,36)/t20-/m1/s1. The number of aryl methyl sites for hydroxylation is 1. The van der Waals surface area contributed by atoms with Crippen molar-refractivity contribution >= 4 is 34.5 Å². The fraction of sp³-hybridized carbons (Fsp3) is 0.310. The second kappa shape index (κ2) is 10.3. The molecule has 3 N–H and O–H groups in total. The number of rotatable bonds is 7. The zero-order valence-electron chi connectivity index (χ0n) is 22.0. The largest absolute Gasteiger partial charge is 0.456 e. The van der Waals surface area contributed by atoms with Gasteiger partial charge in [-0.2, -0.15) is 10.4 Å². The van der Waals surface area contributed by atoms with Gasteiger partial charge in [0.15, 0.2) is 11.5 Å². The van der Waals surface area contributed by atoms with E-state index >= 15 is 0 Å². The molecule has 2 aliphatic rings. The molecule has 202 valence electrons. The number of nitrogens with zero attached hydrogens (tertiary/aromatic N) is 5. The Morgan fingerprint density at radius 1 is 1.15 bits per heavy atom. The first kappa shape index (κ1) is 25.3. The molecule has 4 heterocycles. The Hall–Kier alpha value is -4.98. The third-order valence-electron chi connectivity index (χ3n) is 7.35. The second-order valence-electron chi connectivity index (χ2n) is 10.3. The maximum absolute atomic E-state index is 12.9. The lowest BCUT2D eigenvalue weighted by molar-refractivity contribution is -0.136. The van der Waals surface area contributed by atoms with E-state index in [1.54, 1.807) is 53.7 Å². The minimum absolute atomic E-state index is 0.0209. The van der Waals surface area contributed by atoms with Crippen molar-refractivity contribution in [1.29, 1.82) is 5.26 Å². The van der Waals surface area contributed by atoms with Crippen molar-refractivity contribution in [1.82, 2.24) is 25.1 Å². The van der Waals surface area contributed by atoms with Crippen LogP contribution in [0, 0.1) is 23.7 Å². The third kappa shape index (κ3) is 5.03. The van der Waals surface area contributed by atoms with E-state index in [-0.39, 0.29) is 17.9 Å². The van der Waals surface area contributed by atoms with Crippen LogP contribution in [0.2, 0.25) is 0 Å². The molecule has 1 aromatic carbocycles. The number of aromatic amines is 1. The Kier molecular flexibility index (Phi) is 6.51. The monoisotopic (exact) mass is 536 g/mol. The van der Waals surface area contributed by atoms with Crippen molar-refractivity contribution in [3.8, 4) is 17.6 Å². The number of amides is 2. The van der Waals surface area contributed by atoms with Crippen molar-refractivity contribution in [2.45, 2.75) is 38.6 Å². The van der Waals surface area contributed by atoms with E-state index in [1.807, 2.05) is 13.0 Å². The Balaban J connectivity index is 1.16. The Morgan fingerprint density at radius 2 is 1.95 bits per heavy atom. The minimum atomic E-state index is -0.820. The number of carbonyl (C=O) groups is 2. The van der Waals surface area contributed by atoms with Gasteiger partial charge in [0.25, 0.3) is 5.91 Å². The van der Waals surface area contributed by atoms with Crippen molar-refractivity contribution in [3.63, 3.8) is 0 Å². The molecule has 0 spiro atoms. The van der Waals surface area contributed by atoms with Crippen molar-refractivity contribution in [3.05, 3.63) is 66.0 Å². The first-order valence-corrected chi connectivity index (χ1v) is 13.3. The number of H-pyrrole nitrogens is 1. The van der Waals surface area contributed by atoms with Gasteiger partial charge in [0.05, 0.1) is 6.07 Å². The zero-order chi connectivity index (χ0) is 27.7. The maximum Gasteiger partial charge on any atom is 0.256 e. The summed E-state index contributed by atoms with van der Waals surface area (Å²) in [4.78, 5) is 35.9. The number of carbonyl (C=O) groups excluding carboxylic acids is 2. The number of nitriles is 1. The molecule has 3 aromatic heterocycles. The van der Waals surface area contributed by atoms with Gasteiger partial charge in [0, 0.05) is 43.2 Å². The molecule has 0 unspecified atom stereocenters. The lowest BCUT2D eigenvalue weighted by Crippen LogP contribution is -2.47. The highest BCUT2D eigenvalue weighted by Gasteiger charge is 2.53. The van der Waals surface area contributed by atoms with Crippen LogP contribution < -0.4 is 15.4 Å². The number of benzene rings is 1. The molecule has 0 bridgehead atoms. The van der Waals surface area contributed by atoms with Crippen LogP contribution in [0.3, 0.4) is 0 Å². The average Bonchev–Trinajstić information content (AvgIpc) is 3.67. The summed E-state index contributed by atoms with van der Waals surface area (Å²) < 4.78 is 6.19. The Bertz CT molecular complexity index is 1620. The molecule has 6 rings (SSSR count). The van der Waals surface area contributed by atoms with Crippen LogP contribution in [-0.4, -0.2) is 56.0 Å². The number of likely N-dealkylation sites (tertiary alicyclic amines) is 1. The molecule has 1 aliphatic heterocycles. The highest BCUT2D eigenvalue weighted by Crippen LogP contribution is 2.47. The normalized spacial score (nSPS) is 17.6. The van der Waals surface area contributed by atoms with Crippen molar-refractivity contribution in [2.75, 3.05) is 23.7 Å². The molecular weight excluding hydrogens is 508 g/mol. The molecule has 2 fully saturated rings. The van der Waals surface area contributed by atoms with Gasteiger partial charge in [-0.15, -0.1) is 0 Å². The molecule has 4 aromatic rings. The highest BCUT2D eigenvalue weighted by molar-refractivity contribution is 6.03. The first-order chi connectivity index (χ1) is 19.4. The summed E-state index contributed by atoms with van der Waals surface area (Å²) in [5.41, 5.74) is 1.22. The summed E-state index contributed by atoms with van der Waals surface area (Å²) in [5.74, 6) is 1.84. The molecule has 11 nitrogen and oxygen atoms in total. The van der Waals surface area contributed by atoms with E-state index in [4.69, 9.17) is 4.74 Å². The quantitative estimate of drug-likeness (QED) is 0.314. The molecule has 2 amide bonds. The third-order valence-corrected chi connectivity index (χ3v) is 7.35. The van der Waals surface area contributed by atoms with Gasteiger partial charge in [-0.25, -0.2) is 9.97 Å². The Morgan fingerprint density at radius 3 is 2.70 bits per heavy atom. The first-order valence-electron chi connectivity index (χ1n) is 13.3. The van der Waals surface area contributed by atoms with Crippen LogP contribution in [-0.2, 0) is 4.79 Å². The number of nitrogens with one attached hydrogen (secondary N) is 3. The van der Waals surface area contributed by atoms with Gasteiger partial charge in [-0.05, 0) is 74.6 Å². The van der Waals surface area contributed by atoms with Gasteiger partial charge in [-0.3, -0.25) is 14.7 Å². The predicted molar refractivity (Wildman–Crippen MR) is 148 cm³/mol. The molecule has 1 saturated heterocycles. The predicted octanol–water partition coefficient (Wildman–Crippen LogP) is 4.41. The fourth-order valence-corrected chi connectivity index (χ4v) is 4.98. The Labute approximate surface area is 230 Å². The fourth-order valence-electron chi connectivity index (χ4n) is 4.98. The lowest BCUT2D eigenvalue weighted by Gasteiger charge is -2.34. The van der Waals surface area contributed by atoms with Gasteiger partial charge >= 0.3 is 0 Å². The van der Waals surface area contributed by atoms with E-state index in [0.717, 1.165) is 18.4 Å². The summed E-state index contributed by atoms with van der Waals surface area (Å²) in [6, 6.07) is 14.4. The smallest absolute Gasteiger partial charge is 0.256 e. The molecule has 11 heteroatoms. The molecular formula is C29H28N8O3. The van der Waals surface area contributed by atoms with E-state index in [2.05, 4.69) is 36.9 Å². The van der Waals surface area contributed by atoms with Crippen LogP contribution in [0.5, 0.6) is 11.5 Å². The summed E-state index contributed by atoms with van der Waals surface area (Å²) in [5, 5.41) is 23.8. The van der Waals surface area contributed by atoms with Crippen LogP contribution in [0.1, 0.15) is 41.6 Å². The number of piperidine rings is 1. The van der Waals surface area contributed by atoms with E-state index < -0.39 is 5.41 Å². The summed E-state index contributed by atoms with van der Waals surface area (Å²) in [7, 11) is 0. The summed E-state index contributed by atoms with van der Waals surface area (Å²) in [6.07, 6.45) is 6.28. The average molecular weight is 537 g/mol. The number of fused-ring (bicyclic) bond motifs is 1. The maximum atomic E-state index is 12.9. The molecule has 0 radical (unpaired) electrons. The van der Waals surface area contributed by atoms with Crippen LogP contribution in [0.25, 0.3) is 11.0 Å². The van der Waals surface area contributed by atoms with Gasteiger partial charge in [-0.1, -0.05) is 0 Å². The number of pyridine rings is 2. The van der Waals surface area contributed by atoms with Crippen molar-refractivity contribution < 1.29 is 14.3 Å². The number of ether oxygens (including phenoxy) is 1. The lowest BCUT2D eigenvalue weighted by atomic mass is 10.0. The van der Waals surface area contributed by atoms with Crippen LogP contribution in [0.4, 0.5) is 11.6 Å². The summed E-state index contributed by atoms with van der Waals surface area (Å²) >= 11 is 0. The SMILES string of the molecule is Cc1ccnc(NC(=O)c2ccc(Oc3ccnc4[nH]nc(N[C@@H]5CCCN(C(=O)C6(C#N)CC6)C5)c34)cc2)c1. The molecule has 1 atom stereocenters. The van der Waals surface area contributed by atoms with Gasteiger partial charge in [0.2, 0.25) is 5.91 Å². The zero-order valence-corrected chi connectivity index (χ0v) is 22.0. The second-order valence-corrected chi connectivity index (χ2v) is 10.3. The minimum Gasteiger partial charge on any atom is -0.456 e. The van der Waals surface area contributed by atoms with E-state index in [0.29, 0.717) is 65.7 Å². The van der Waals surface area contributed by atoms with E-state index in [1.165, 1.54) is 0 Å². The van der Waals surface area contributed by atoms with Crippen LogP contribution >= 0.6 is 0 Å². The molecule has 1 saturated carbocycles. The number of hydrogen-bond donors (Lipinski definition) is 3. The highest BCUT2D eigenvalue weighted by atomic mass is 16.5. The number of hydrogen-bond acceptors (Lipinski definition) is 8. The number of anilines is 2.